The summed E-state index contributed by atoms with van der Waals surface area (Å²) in [5.74, 6) is 0.964. The van der Waals surface area contributed by atoms with Gasteiger partial charge in [0, 0.05) is 36.3 Å². The maximum Gasteiger partial charge on any atom is 0.213 e. The fourth-order valence-electron chi connectivity index (χ4n) is 3.03. The molecule has 0 radical (unpaired) electrons. The number of Topliss-reactive ketones (excluding diaryl/α,β-unsaturated/α-hetero) is 1. The van der Waals surface area contributed by atoms with Crippen molar-refractivity contribution in [2.75, 3.05) is 0 Å². The van der Waals surface area contributed by atoms with Gasteiger partial charge in [-0.05, 0) is 24.8 Å². The van der Waals surface area contributed by atoms with Gasteiger partial charge in [-0.15, -0.1) is 0 Å². The lowest BCUT2D eigenvalue weighted by atomic mass is 9.76. The zero-order valence-corrected chi connectivity index (χ0v) is 12.1. The molecule has 5 heteroatoms. The Bertz CT molecular complexity index is 638. The molecule has 0 fully saturated rings. The second-order valence-electron chi connectivity index (χ2n) is 6.34. The van der Waals surface area contributed by atoms with E-state index in [2.05, 4.69) is 35.5 Å². The number of nitrogens with zero attached hydrogens (tertiary/aromatic N) is 3. The third kappa shape index (κ3) is 2.28. The van der Waals surface area contributed by atoms with Crippen LogP contribution in [0.3, 0.4) is 0 Å². The number of carbonyl (C=O) groups is 1. The summed E-state index contributed by atoms with van der Waals surface area (Å²) in [5, 5.41) is 3.83. The molecule has 0 saturated heterocycles. The molecular weight excluding hydrogens is 254 g/mol. The predicted octanol–water partition coefficient (Wildman–Crippen LogP) is 2.58. The Morgan fingerprint density at radius 3 is 2.90 bits per heavy atom. The first-order valence-corrected chi connectivity index (χ1v) is 6.94. The Labute approximate surface area is 118 Å². The van der Waals surface area contributed by atoms with Gasteiger partial charge >= 0.3 is 0 Å². The van der Waals surface area contributed by atoms with Gasteiger partial charge in [0.25, 0.3) is 0 Å². The Hall–Kier alpha value is -1.91. The monoisotopic (exact) mass is 273 g/mol. The van der Waals surface area contributed by atoms with E-state index in [1.165, 1.54) is 6.39 Å². The highest BCUT2D eigenvalue weighted by atomic mass is 16.5. The van der Waals surface area contributed by atoms with Crippen LogP contribution in [-0.4, -0.2) is 20.5 Å². The van der Waals surface area contributed by atoms with Gasteiger partial charge in [-0.1, -0.05) is 19.0 Å². The molecule has 0 amide bonds. The van der Waals surface area contributed by atoms with Crippen molar-refractivity contribution < 1.29 is 9.32 Å². The number of ketones is 1. The number of rotatable bonds is 3. The van der Waals surface area contributed by atoms with E-state index >= 15 is 0 Å². The van der Waals surface area contributed by atoms with E-state index in [-0.39, 0.29) is 11.2 Å². The summed E-state index contributed by atoms with van der Waals surface area (Å²) in [5.41, 5.74) is 3.23. The van der Waals surface area contributed by atoms with Gasteiger partial charge in [0.15, 0.2) is 11.6 Å². The van der Waals surface area contributed by atoms with Crippen LogP contribution >= 0.6 is 0 Å². The van der Waals surface area contributed by atoms with E-state index in [0.717, 1.165) is 29.9 Å². The van der Waals surface area contributed by atoms with Crippen molar-refractivity contribution in [1.82, 2.24) is 14.7 Å². The molecular formula is C15H19N3O2. The predicted molar refractivity (Wildman–Crippen MR) is 73.6 cm³/mol. The molecule has 0 unspecified atom stereocenters. The molecule has 1 aliphatic rings. The van der Waals surface area contributed by atoms with Gasteiger partial charge in [0.05, 0.1) is 0 Å². The van der Waals surface area contributed by atoms with Crippen molar-refractivity contribution in [2.45, 2.75) is 46.6 Å². The van der Waals surface area contributed by atoms with Gasteiger partial charge in [0.2, 0.25) is 6.39 Å². The first-order chi connectivity index (χ1) is 9.46. The maximum absolute atomic E-state index is 12.2. The normalized spacial score (nSPS) is 17.2. The van der Waals surface area contributed by atoms with Crippen LogP contribution in [0.4, 0.5) is 0 Å². The summed E-state index contributed by atoms with van der Waals surface area (Å²) >= 11 is 0. The standard InChI is InChI=1S/C15H19N3O2/c1-10-6-11-12(7-15(2,3)8-13(11)19)18(10)5-4-14-16-9-20-17-14/h6,9H,4-5,7-8H2,1-3H3. The molecule has 0 N–H and O–H groups in total. The summed E-state index contributed by atoms with van der Waals surface area (Å²) in [6.07, 6.45) is 3.63. The lowest BCUT2D eigenvalue weighted by molar-refractivity contribution is 0.0910. The summed E-state index contributed by atoms with van der Waals surface area (Å²) in [4.78, 5) is 16.3. The molecule has 0 saturated carbocycles. The average Bonchev–Trinajstić information content (AvgIpc) is 2.94. The Balaban J connectivity index is 1.90. The second kappa shape index (κ2) is 4.58. The third-order valence-electron chi connectivity index (χ3n) is 3.97. The summed E-state index contributed by atoms with van der Waals surface area (Å²) < 4.78 is 6.98. The van der Waals surface area contributed by atoms with Crippen LogP contribution in [0.1, 0.15) is 47.8 Å². The minimum Gasteiger partial charge on any atom is -0.348 e. The van der Waals surface area contributed by atoms with Gasteiger partial charge in [-0.3, -0.25) is 4.79 Å². The van der Waals surface area contributed by atoms with E-state index in [1.807, 2.05) is 6.07 Å². The molecule has 20 heavy (non-hydrogen) atoms. The molecule has 5 nitrogen and oxygen atoms in total. The molecule has 0 atom stereocenters. The first kappa shape index (κ1) is 13.1. The van der Waals surface area contributed by atoms with Crippen LogP contribution in [0.2, 0.25) is 0 Å². The first-order valence-electron chi connectivity index (χ1n) is 6.94. The van der Waals surface area contributed by atoms with E-state index in [9.17, 15) is 4.79 Å². The summed E-state index contributed by atoms with van der Waals surface area (Å²) in [6.45, 7) is 7.14. The van der Waals surface area contributed by atoms with Gasteiger partial charge in [-0.25, -0.2) is 0 Å². The maximum atomic E-state index is 12.2. The number of aromatic nitrogens is 3. The van der Waals surface area contributed by atoms with Crippen molar-refractivity contribution in [3.05, 3.63) is 35.2 Å². The lowest BCUT2D eigenvalue weighted by Gasteiger charge is -2.29. The van der Waals surface area contributed by atoms with Gasteiger partial charge in [0.1, 0.15) is 0 Å². The van der Waals surface area contributed by atoms with E-state index in [0.29, 0.717) is 18.7 Å². The highest BCUT2D eigenvalue weighted by Gasteiger charge is 2.33. The quantitative estimate of drug-likeness (QED) is 0.862. The van der Waals surface area contributed by atoms with Crippen LogP contribution in [0.25, 0.3) is 0 Å². The molecule has 0 aromatic carbocycles. The number of carbonyl (C=O) groups excluding carboxylic acids is 1. The van der Waals surface area contributed by atoms with Gasteiger partial charge in [-0.2, -0.15) is 4.98 Å². The third-order valence-corrected chi connectivity index (χ3v) is 3.97. The zero-order chi connectivity index (χ0) is 14.3. The minimum absolute atomic E-state index is 0.0404. The number of aryl methyl sites for hydroxylation is 2. The molecule has 3 rings (SSSR count). The number of hydrogen-bond donors (Lipinski definition) is 0. The molecule has 2 heterocycles. The molecule has 0 bridgehead atoms. The van der Waals surface area contributed by atoms with E-state index in [4.69, 9.17) is 4.52 Å². The Morgan fingerprint density at radius 2 is 2.20 bits per heavy atom. The molecule has 106 valence electrons. The van der Waals surface area contributed by atoms with E-state index < -0.39 is 0 Å². The SMILES string of the molecule is Cc1cc2c(n1CCc1ncon1)CC(C)(C)CC2=O. The molecule has 2 aromatic rings. The Kier molecular flexibility index (Phi) is 3.00. The highest BCUT2D eigenvalue weighted by Crippen LogP contribution is 2.36. The van der Waals surface area contributed by atoms with Crippen LogP contribution in [0, 0.1) is 12.3 Å². The van der Waals surface area contributed by atoms with Crippen molar-refractivity contribution in [1.29, 1.82) is 0 Å². The van der Waals surface area contributed by atoms with Crippen molar-refractivity contribution >= 4 is 5.78 Å². The number of hydrogen-bond acceptors (Lipinski definition) is 4. The average molecular weight is 273 g/mol. The summed E-state index contributed by atoms with van der Waals surface area (Å²) in [6, 6.07) is 2.02. The van der Waals surface area contributed by atoms with Crippen molar-refractivity contribution in [2.24, 2.45) is 5.41 Å². The van der Waals surface area contributed by atoms with Gasteiger partial charge < -0.3 is 9.09 Å². The highest BCUT2D eigenvalue weighted by molar-refractivity contribution is 5.99. The smallest absolute Gasteiger partial charge is 0.213 e. The van der Waals surface area contributed by atoms with Crippen LogP contribution < -0.4 is 0 Å². The van der Waals surface area contributed by atoms with Crippen LogP contribution in [0.15, 0.2) is 17.0 Å². The summed E-state index contributed by atoms with van der Waals surface area (Å²) in [7, 11) is 0. The molecule has 0 spiro atoms. The number of fused-ring (bicyclic) bond motifs is 1. The largest absolute Gasteiger partial charge is 0.348 e. The van der Waals surface area contributed by atoms with Crippen LogP contribution in [0.5, 0.6) is 0 Å². The van der Waals surface area contributed by atoms with Crippen LogP contribution in [-0.2, 0) is 19.4 Å². The van der Waals surface area contributed by atoms with Crippen molar-refractivity contribution in [3.8, 4) is 0 Å². The second-order valence-corrected chi connectivity index (χ2v) is 6.34. The fraction of sp³-hybridized carbons (Fsp3) is 0.533. The Morgan fingerprint density at radius 1 is 1.40 bits per heavy atom. The van der Waals surface area contributed by atoms with E-state index in [1.54, 1.807) is 0 Å². The molecule has 2 aromatic heterocycles. The lowest BCUT2D eigenvalue weighted by Crippen LogP contribution is -2.28. The van der Waals surface area contributed by atoms with Crippen molar-refractivity contribution in [3.63, 3.8) is 0 Å². The molecule has 1 aliphatic carbocycles. The molecule has 0 aliphatic heterocycles. The zero-order valence-electron chi connectivity index (χ0n) is 12.1. The topological polar surface area (TPSA) is 60.9 Å². The fourth-order valence-corrected chi connectivity index (χ4v) is 3.03. The minimum atomic E-state index is 0.0404.